The van der Waals surface area contributed by atoms with E-state index in [1.54, 1.807) is 12.1 Å². The van der Waals surface area contributed by atoms with Gasteiger partial charge in [0.25, 0.3) is 5.69 Å². The summed E-state index contributed by atoms with van der Waals surface area (Å²) in [7, 11) is 0. The quantitative estimate of drug-likeness (QED) is 0.205. The minimum Gasteiger partial charge on any atom is -0.309 e. The Hall–Kier alpha value is -4.70. The SMILES string of the molecule is O=[N+]([O-])c1ccc(-[13c]2cc3ccccc3n2-c2cc(-c3ccccc3)cc3ccccc23)cc1. The molecule has 0 saturated heterocycles. The Morgan fingerprint density at radius 1 is 0.588 bits per heavy atom. The van der Waals surface area contributed by atoms with E-state index in [1.165, 1.54) is 0 Å². The standard InChI is InChI=1S/C30H20N2O2/c33-32(34)26-16-14-22(15-17-26)29-19-24-11-5-7-13-28(24)31(29)30-20-25(21-8-2-1-3-9-21)18-23-10-4-6-12-27(23)30/h1-20H/i29+1. The van der Waals surface area contributed by atoms with Crippen LogP contribution in [0.5, 0.6) is 0 Å². The smallest absolute Gasteiger partial charge is 0.269 e. The lowest BCUT2D eigenvalue weighted by atomic mass is 9.99. The first-order chi connectivity index (χ1) is 16.7. The van der Waals surface area contributed by atoms with E-state index in [1.807, 2.05) is 30.3 Å². The largest absolute Gasteiger partial charge is 0.309 e. The molecule has 5 aromatic carbocycles. The average molecular weight is 441 g/mol. The second-order valence-corrected chi connectivity index (χ2v) is 8.31. The summed E-state index contributed by atoms with van der Waals surface area (Å²) in [6.07, 6.45) is 0. The number of nitro benzene ring substituents is 1. The summed E-state index contributed by atoms with van der Waals surface area (Å²) in [5.41, 5.74) is 6.47. The number of hydrogen-bond acceptors (Lipinski definition) is 2. The third kappa shape index (κ3) is 3.33. The van der Waals surface area contributed by atoms with Crippen LogP contribution in [0.4, 0.5) is 5.69 Å². The van der Waals surface area contributed by atoms with Crippen LogP contribution in [-0.2, 0) is 0 Å². The van der Waals surface area contributed by atoms with Gasteiger partial charge in [0, 0.05) is 22.9 Å². The number of para-hydroxylation sites is 1. The van der Waals surface area contributed by atoms with E-state index >= 15 is 0 Å². The van der Waals surface area contributed by atoms with Crippen LogP contribution in [0.15, 0.2) is 121 Å². The maximum Gasteiger partial charge on any atom is 0.269 e. The van der Waals surface area contributed by atoms with Gasteiger partial charge in [-0.05, 0) is 58.5 Å². The van der Waals surface area contributed by atoms with Crippen molar-refractivity contribution in [2.75, 3.05) is 0 Å². The molecule has 0 aliphatic heterocycles. The molecule has 0 spiro atoms. The maximum atomic E-state index is 11.2. The van der Waals surface area contributed by atoms with Crippen LogP contribution in [0.25, 0.3) is 49.7 Å². The summed E-state index contributed by atoms with van der Waals surface area (Å²) in [6, 6.07) is 40.5. The molecule has 0 N–H and O–H groups in total. The van der Waals surface area contributed by atoms with Crippen LogP contribution in [0, 0.1) is 10.1 Å². The number of aromatic nitrogens is 1. The average Bonchev–Trinajstić information content (AvgIpc) is 3.28. The van der Waals surface area contributed by atoms with Crippen LogP contribution in [0.1, 0.15) is 0 Å². The molecule has 1 heterocycles. The maximum absolute atomic E-state index is 11.2. The number of hydrogen-bond donors (Lipinski definition) is 0. The number of benzene rings is 5. The Kier molecular flexibility index (Phi) is 4.70. The van der Waals surface area contributed by atoms with E-state index in [0.29, 0.717) is 0 Å². The lowest BCUT2D eigenvalue weighted by Gasteiger charge is -2.16. The highest BCUT2D eigenvalue weighted by atomic mass is 16.6. The highest BCUT2D eigenvalue weighted by Gasteiger charge is 2.16. The number of rotatable bonds is 4. The molecule has 0 saturated carbocycles. The van der Waals surface area contributed by atoms with Gasteiger partial charge < -0.3 is 4.57 Å². The molecule has 162 valence electrons. The van der Waals surface area contributed by atoms with Crippen LogP contribution >= 0.6 is 0 Å². The van der Waals surface area contributed by atoms with Crippen molar-refractivity contribution in [1.29, 1.82) is 0 Å². The fraction of sp³-hybridized carbons (Fsp3) is 0. The lowest BCUT2D eigenvalue weighted by molar-refractivity contribution is -0.384. The van der Waals surface area contributed by atoms with E-state index in [0.717, 1.165) is 49.7 Å². The summed E-state index contributed by atoms with van der Waals surface area (Å²) < 4.78 is 2.27. The molecule has 4 nitrogen and oxygen atoms in total. The first-order valence-electron chi connectivity index (χ1n) is 11.1. The summed E-state index contributed by atoms with van der Waals surface area (Å²) in [5, 5.41) is 14.6. The predicted molar refractivity (Wildman–Crippen MR) is 138 cm³/mol. The second kappa shape index (κ2) is 8.01. The molecule has 4 heteroatoms. The zero-order valence-corrected chi connectivity index (χ0v) is 18.3. The van der Waals surface area contributed by atoms with Crippen LogP contribution in [0.3, 0.4) is 0 Å². The number of nitrogens with zero attached hydrogens (tertiary/aromatic N) is 2. The highest BCUT2D eigenvalue weighted by molar-refractivity contribution is 5.98. The molecule has 0 radical (unpaired) electrons. The molecule has 0 unspecified atom stereocenters. The van der Waals surface area contributed by atoms with Crippen molar-refractivity contribution in [3.8, 4) is 28.1 Å². The predicted octanol–water partition coefficient (Wildman–Crippen LogP) is 8.03. The molecule has 0 atom stereocenters. The van der Waals surface area contributed by atoms with Crippen molar-refractivity contribution in [1.82, 2.24) is 4.57 Å². The van der Waals surface area contributed by atoms with Gasteiger partial charge >= 0.3 is 0 Å². The third-order valence-corrected chi connectivity index (χ3v) is 6.27. The summed E-state index contributed by atoms with van der Waals surface area (Å²) in [5.74, 6) is 0. The van der Waals surface area contributed by atoms with Crippen molar-refractivity contribution in [3.05, 3.63) is 131 Å². The molecule has 6 rings (SSSR count). The fourth-order valence-corrected chi connectivity index (χ4v) is 4.65. The summed E-state index contributed by atoms with van der Waals surface area (Å²) in [4.78, 5) is 10.8. The number of fused-ring (bicyclic) bond motifs is 2. The zero-order valence-electron chi connectivity index (χ0n) is 18.3. The van der Waals surface area contributed by atoms with Crippen molar-refractivity contribution in [3.63, 3.8) is 0 Å². The van der Waals surface area contributed by atoms with Crippen LogP contribution in [0.2, 0.25) is 0 Å². The summed E-state index contributed by atoms with van der Waals surface area (Å²) in [6.45, 7) is 0. The topological polar surface area (TPSA) is 48.1 Å². The van der Waals surface area contributed by atoms with Crippen molar-refractivity contribution in [2.24, 2.45) is 0 Å². The van der Waals surface area contributed by atoms with Gasteiger partial charge in [-0.15, -0.1) is 0 Å². The molecule has 34 heavy (non-hydrogen) atoms. The van der Waals surface area contributed by atoms with Crippen LogP contribution < -0.4 is 0 Å². The fourth-order valence-electron chi connectivity index (χ4n) is 4.65. The van der Waals surface area contributed by atoms with E-state index in [4.69, 9.17) is 0 Å². The molecule has 0 bridgehead atoms. The molecular formula is C30H20N2O2. The molecule has 0 fully saturated rings. The van der Waals surface area contributed by atoms with Gasteiger partial charge in [0.05, 0.1) is 21.8 Å². The number of nitro groups is 1. The monoisotopic (exact) mass is 441 g/mol. The van der Waals surface area contributed by atoms with Gasteiger partial charge in [-0.25, -0.2) is 0 Å². The van der Waals surface area contributed by atoms with Crippen molar-refractivity contribution < 1.29 is 4.92 Å². The molecule has 6 aromatic rings. The minimum atomic E-state index is -0.365. The highest BCUT2D eigenvalue weighted by Crippen LogP contribution is 2.37. The van der Waals surface area contributed by atoms with Crippen LogP contribution in [-0.4, -0.2) is 9.49 Å². The molecular weight excluding hydrogens is 421 g/mol. The molecule has 0 amide bonds. The van der Waals surface area contributed by atoms with Gasteiger partial charge in [0.2, 0.25) is 0 Å². The van der Waals surface area contributed by atoms with Crippen molar-refractivity contribution >= 4 is 27.4 Å². The van der Waals surface area contributed by atoms with Gasteiger partial charge in [-0.3, -0.25) is 10.1 Å². The van der Waals surface area contributed by atoms with Gasteiger partial charge in [0.1, 0.15) is 0 Å². The van der Waals surface area contributed by atoms with E-state index < -0.39 is 0 Å². The van der Waals surface area contributed by atoms with Gasteiger partial charge in [0.15, 0.2) is 0 Å². The normalized spacial score (nSPS) is 11.2. The first-order valence-corrected chi connectivity index (χ1v) is 11.1. The van der Waals surface area contributed by atoms with Crippen molar-refractivity contribution in [2.45, 2.75) is 0 Å². The van der Waals surface area contributed by atoms with E-state index in [-0.39, 0.29) is 10.6 Å². The van der Waals surface area contributed by atoms with E-state index in [9.17, 15) is 10.1 Å². The third-order valence-electron chi connectivity index (χ3n) is 6.27. The Morgan fingerprint density at radius 2 is 1.26 bits per heavy atom. The second-order valence-electron chi connectivity index (χ2n) is 8.31. The minimum absolute atomic E-state index is 0.0861. The Balaban J connectivity index is 1.68. The van der Waals surface area contributed by atoms with E-state index in [2.05, 4.69) is 83.4 Å². The Labute approximate surface area is 196 Å². The van der Waals surface area contributed by atoms with Gasteiger partial charge in [-0.2, -0.15) is 0 Å². The van der Waals surface area contributed by atoms with Gasteiger partial charge in [-0.1, -0.05) is 72.8 Å². The molecule has 0 aliphatic rings. The Morgan fingerprint density at radius 3 is 2.03 bits per heavy atom. The zero-order chi connectivity index (χ0) is 23.1. The Bertz CT molecular complexity index is 1670. The molecule has 0 aliphatic carbocycles. The first kappa shape index (κ1) is 19.9. The summed E-state index contributed by atoms with van der Waals surface area (Å²) >= 11 is 0. The number of non-ortho nitro benzene ring substituents is 1. The lowest BCUT2D eigenvalue weighted by Crippen LogP contribution is -1.99. The molecule has 1 aromatic heterocycles.